The number of hydrogen-bond donors (Lipinski definition) is 0. The second kappa shape index (κ2) is 8.51. The summed E-state index contributed by atoms with van der Waals surface area (Å²) in [4.78, 5) is 0.976. The van der Waals surface area contributed by atoms with Gasteiger partial charge in [0.15, 0.2) is 0 Å². The molecule has 0 amide bonds. The molecule has 0 aliphatic rings. The van der Waals surface area contributed by atoms with E-state index in [-0.39, 0.29) is 12.3 Å². The molecule has 8 heteroatoms. The van der Waals surface area contributed by atoms with E-state index in [1.165, 1.54) is 28.6 Å². The summed E-state index contributed by atoms with van der Waals surface area (Å²) < 4.78 is 41.9. The highest BCUT2D eigenvalue weighted by Gasteiger charge is 2.22. The lowest BCUT2D eigenvalue weighted by atomic mass is 10.2. The first-order valence-corrected chi connectivity index (χ1v) is 11.8. The van der Waals surface area contributed by atoms with Crippen LogP contribution in [0.5, 0.6) is 0 Å². The van der Waals surface area contributed by atoms with E-state index in [1.54, 1.807) is 23.1 Å². The molecule has 0 aliphatic heterocycles. The van der Waals surface area contributed by atoms with Crippen LogP contribution in [0.2, 0.25) is 0 Å². The first-order valence-electron chi connectivity index (χ1n) is 9.29. The number of halogens is 1. The van der Waals surface area contributed by atoms with Gasteiger partial charge in [-0.25, -0.2) is 21.8 Å². The second-order valence-electron chi connectivity index (χ2n) is 6.90. The Bertz CT molecular complexity index is 1220. The monoisotopic (exact) mass is 441 g/mol. The van der Waals surface area contributed by atoms with Crippen molar-refractivity contribution in [3.05, 3.63) is 95.3 Å². The van der Waals surface area contributed by atoms with Crippen LogP contribution in [0.4, 0.5) is 4.39 Å². The second-order valence-corrected chi connectivity index (χ2v) is 9.92. The first kappa shape index (κ1) is 20.5. The van der Waals surface area contributed by atoms with Crippen LogP contribution in [-0.4, -0.2) is 29.6 Å². The summed E-state index contributed by atoms with van der Waals surface area (Å²) in [7, 11) is -2.04. The molecule has 0 saturated heterocycles. The predicted octanol–water partition coefficient (Wildman–Crippen LogP) is 4.70. The maximum atomic E-state index is 13.1. The Morgan fingerprint density at radius 2 is 1.77 bits per heavy atom. The molecule has 30 heavy (non-hydrogen) atoms. The molecular weight excluding hydrogens is 421 g/mol. The predicted molar refractivity (Wildman–Crippen MR) is 117 cm³/mol. The summed E-state index contributed by atoms with van der Waals surface area (Å²) in [6, 6.07) is 19.1. The fourth-order valence-corrected chi connectivity index (χ4v) is 5.01. The van der Waals surface area contributed by atoms with Crippen LogP contribution in [-0.2, 0) is 22.3 Å². The Hall–Kier alpha value is -2.81. The maximum absolute atomic E-state index is 13.1. The van der Waals surface area contributed by atoms with Crippen LogP contribution in [0.3, 0.4) is 0 Å². The van der Waals surface area contributed by atoms with Crippen molar-refractivity contribution < 1.29 is 12.8 Å². The normalized spacial score (nSPS) is 11.8. The number of nitrogens with zero attached hydrogens (tertiary/aromatic N) is 3. The van der Waals surface area contributed by atoms with Crippen molar-refractivity contribution in [3.63, 3.8) is 0 Å². The van der Waals surface area contributed by atoms with Gasteiger partial charge in [0.25, 0.3) is 0 Å². The summed E-state index contributed by atoms with van der Waals surface area (Å²) in [6.45, 7) is 0.184. The summed E-state index contributed by atoms with van der Waals surface area (Å²) in [6.07, 6.45) is 1.87. The lowest BCUT2D eigenvalue weighted by molar-refractivity contribution is 0.466. The molecule has 2 aromatic heterocycles. The number of hydrogen-bond acceptors (Lipinski definition) is 4. The molecule has 0 unspecified atom stereocenters. The number of rotatable bonds is 7. The Balaban J connectivity index is 1.62. The van der Waals surface area contributed by atoms with Gasteiger partial charge >= 0.3 is 0 Å². The fourth-order valence-electron chi connectivity index (χ4n) is 3.10. The van der Waals surface area contributed by atoms with Crippen LogP contribution in [0, 0.1) is 5.82 Å². The third-order valence-corrected chi connectivity index (χ3v) is 7.35. The molecule has 4 rings (SSSR count). The summed E-state index contributed by atoms with van der Waals surface area (Å²) in [5, 5.41) is 6.68. The van der Waals surface area contributed by atoms with Gasteiger partial charge in [-0.2, -0.15) is 5.10 Å². The van der Waals surface area contributed by atoms with Crippen molar-refractivity contribution in [2.75, 3.05) is 7.05 Å². The van der Waals surface area contributed by atoms with E-state index in [1.807, 2.05) is 54.0 Å². The molecule has 0 N–H and O–H groups in total. The zero-order chi connectivity index (χ0) is 21.1. The van der Waals surface area contributed by atoms with E-state index in [9.17, 15) is 12.8 Å². The van der Waals surface area contributed by atoms with Gasteiger partial charge in [-0.15, -0.1) is 11.3 Å². The van der Waals surface area contributed by atoms with Crippen LogP contribution < -0.4 is 0 Å². The Morgan fingerprint density at radius 1 is 1.03 bits per heavy atom. The minimum absolute atomic E-state index is 0.184. The lowest BCUT2D eigenvalue weighted by Crippen LogP contribution is -2.27. The van der Waals surface area contributed by atoms with E-state index in [2.05, 4.69) is 0 Å². The minimum atomic E-state index is -3.59. The van der Waals surface area contributed by atoms with Crippen molar-refractivity contribution in [1.82, 2.24) is 14.1 Å². The molecule has 4 aromatic rings. The van der Waals surface area contributed by atoms with Gasteiger partial charge < -0.3 is 0 Å². The highest BCUT2D eigenvalue weighted by molar-refractivity contribution is 7.88. The highest BCUT2D eigenvalue weighted by Crippen LogP contribution is 2.29. The van der Waals surface area contributed by atoms with Gasteiger partial charge in [-0.05, 0) is 41.3 Å². The molecule has 0 bridgehead atoms. The summed E-state index contributed by atoms with van der Waals surface area (Å²) >= 11 is 1.56. The largest absolute Gasteiger partial charge is 0.240 e. The van der Waals surface area contributed by atoms with Crippen molar-refractivity contribution in [2.45, 2.75) is 12.3 Å². The zero-order valence-electron chi connectivity index (χ0n) is 16.3. The third kappa shape index (κ3) is 4.51. The summed E-state index contributed by atoms with van der Waals surface area (Å²) in [5.41, 5.74) is 3.02. The molecule has 0 aliphatic carbocycles. The molecule has 5 nitrogen and oxygen atoms in total. The van der Waals surface area contributed by atoms with Gasteiger partial charge in [0, 0.05) is 25.4 Å². The molecule has 0 spiro atoms. The lowest BCUT2D eigenvalue weighted by Gasteiger charge is -2.17. The number of sulfonamides is 1. The van der Waals surface area contributed by atoms with E-state index in [0.717, 1.165) is 21.8 Å². The smallest absolute Gasteiger partial charge is 0.218 e. The Morgan fingerprint density at radius 3 is 2.43 bits per heavy atom. The third-order valence-electron chi connectivity index (χ3n) is 4.70. The number of para-hydroxylation sites is 1. The van der Waals surface area contributed by atoms with E-state index in [4.69, 9.17) is 5.10 Å². The van der Waals surface area contributed by atoms with Crippen molar-refractivity contribution in [2.24, 2.45) is 0 Å². The van der Waals surface area contributed by atoms with Crippen molar-refractivity contribution >= 4 is 21.4 Å². The molecule has 154 valence electrons. The molecule has 2 aromatic carbocycles. The molecule has 0 fully saturated rings. The van der Waals surface area contributed by atoms with Gasteiger partial charge in [0.05, 0.1) is 16.3 Å². The highest BCUT2D eigenvalue weighted by atomic mass is 32.2. The molecule has 0 atom stereocenters. The van der Waals surface area contributed by atoms with E-state index < -0.39 is 15.8 Å². The molecule has 2 heterocycles. The number of thiophene rings is 1. The average Bonchev–Trinajstić information content (AvgIpc) is 3.40. The molecule has 0 radical (unpaired) electrons. The zero-order valence-corrected chi connectivity index (χ0v) is 17.9. The quantitative estimate of drug-likeness (QED) is 0.418. The van der Waals surface area contributed by atoms with Crippen molar-refractivity contribution in [3.8, 4) is 16.3 Å². The molecular formula is C22H20FN3O2S2. The van der Waals surface area contributed by atoms with Gasteiger partial charge in [0.2, 0.25) is 10.0 Å². The van der Waals surface area contributed by atoms with Gasteiger partial charge in [-0.3, -0.25) is 0 Å². The van der Waals surface area contributed by atoms with E-state index in [0.29, 0.717) is 5.56 Å². The average molecular weight is 442 g/mol. The van der Waals surface area contributed by atoms with Gasteiger partial charge in [-0.1, -0.05) is 36.4 Å². The standard InChI is InChI=1S/C22H20FN3O2S2/c1-25(30(27,28)16-17-9-11-19(23)12-10-17)14-18-15-26(20-6-3-2-4-7-20)24-22(18)21-8-5-13-29-21/h2-13,15H,14,16H2,1H3. The molecule has 0 saturated carbocycles. The first-order chi connectivity index (χ1) is 14.4. The summed E-state index contributed by atoms with van der Waals surface area (Å²) in [5.74, 6) is -0.580. The SMILES string of the molecule is CN(Cc1cn(-c2ccccc2)nc1-c1cccs1)S(=O)(=O)Cc1ccc(F)cc1. The van der Waals surface area contributed by atoms with Crippen LogP contribution in [0.1, 0.15) is 11.1 Å². The topological polar surface area (TPSA) is 55.2 Å². The number of aromatic nitrogens is 2. The van der Waals surface area contributed by atoms with Crippen LogP contribution in [0.15, 0.2) is 78.3 Å². The van der Waals surface area contributed by atoms with E-state index >= 15 is 0 Å². The van der Waals surface area contributed by atoms with Crippen LogP contribution in [0.25, 0.3) is 16.3 Å². The fraction of sp³-hybridized carbons (Fsp3) is 0.136. The maximum Gasteiger partial charge on any atom is 0.218 e. The minimum Gasteiger partial charge on any atom is -0.240 e. The Kier molecular flexibility index (Phi) is 5.80. The van der Waals surface area contributed by atoms with Crippen LogP contribution >= 0.6 is 11.3 Å². The van der Waals surface area contributed by atoms with Gasteiger partial charge in [0.1, 0.15) is 11.5 Å². The van der Waals surface area contributed by atoms with Crippen molar-refractivity contribution in [1.29, 1.82) is 0 Å². The Labute approximate surface area is 179 Å². The number of benzene rings is 2.